The Hall–Kier alpha value is -2.96. The van der Waals surface area contributed by atoms with Gasteiger partial charge in [0, 0.05) is 24.6 Å². The van der Waals surface area contributed by atoms with E-state index < -0.39 is 24.4 Å². The molecule has 1 fully saturated rings. The lowest BCUT2D eigenvalue weighted by Crippen LogP contribution is -2.29. The highest BCUT2D eigenvalue weighted by atomic mass is 19.3. The maximum Gasteiger partial charge on any atom is 0.387 e. The fraction of sp³-hybridized carbons (Fsp3) is 0.263. The van der Waals surface area contributed by atoms with Crippen LogP contribution in [0.3, 0.4) is 0 Å². The summed E-state index contributed by atoms with van der Waals surface area (Å²) in [6, 6.07) is 14.7. The average Bonchev–Trinajstić information content (AvgIpc) is 3.07. The van der Waals surface area contributed by atoms with Gasteiger partial charge in [0.1, 0.15) is 5.75 Å². The van der Waals surface area contributed by atoms with E-state index >= 15 is 0 Å². The number of ether oxygens (including phenoxy) is 1. The van der Waals surface area contributed by atoms with Gasteiger partial charge in [0.25, 0.3) is 5.91 Å². The lowest BCUT2D eigenvalue weighted by Gasteiger charge is -2.17. The minimum Gasteiger partial charge on any atom is -0.481 e. The van der Waals surface area contributed by atoms with E-state index in [0.29, 0.717) is 0 Å². The van der Waals surface area contributed by atoms with Crippen molar-refractivity contribution in [1.82, 2.24) is 4.90 Å². The van der Waals surface area contributed by atoms with Crippen LogP contribution in [-0.2, 0) is 4.79 Å². The largest absolute Gasteiger partial charge is 0.481 e. The maximum atomic E-state index is 12.7. The first-order valence-corrected chi connectivity index (χ1v) is 8.07. The number of likely N-dealkylation sites (tertiary alicyclic amines) is 1. The molecule has 0 bridgehead atoms. The quantitative estimate of drug-likeness (QED) is 0.888. The molecule has 2 aromatic rings. The van der Waals surface area contributed by atoms with E-state index in [1.165, 1.54) is 29.2 Å². The Morgan fingerprint density at radius 2 is 1.81 bits per heavy atom. The molecule has 0 aromatic heterocycles. The molecule has 2 atom stereocenters. The lowest BCUT2D eigenvalue weighted by molar-refractivity contribution is -0.141. The number of aliphatic carboxylic acids is 1. The molecular weight excluding hydrogens is 344 g/mol. The number of carbonyl (C=O) groups is 2. The van der Waals surface area contributed by atoms with E-state index in [2.05, 4.69) is 4.74 Å². The van der Waals surface area contributed by atoms with Crippen LogP contribution in [0.25, 0.3) is 0 Å². The molecule has 1 amide bonds. The fourth-order valence-electron chi connectivity index (χ4n) is 3.25. The van der Waals surface area contributed by atoms with Crippen LogP contribution in [0.4, 0.5) is 8.78 Å². The third-order valence-electron chi connectivity index (χ3n) is 4.46. The maximum absolute atomic E-state index is 12.7. The zero-order valence-electron chi connectivity index (χ0n) is 13.7. The van der Waals surface area contributed by atoms with E-state index in [9.17, 15) is 23.5 Å². The topological polar surface area (TPSA) is 66.8 Å². The van der Waals surface area contributed by atoms with Crippen molar-refractivity contribution in [3.05, 3.63) is 65.7 Å². The average molecular weight is 361 g/mol. The molecule has 0 spiro atoms. The molecule has 0 saturated carbocycles. The molecule has 5 nitrogen and oxygen atoms in total. The highest BCUT2D eigenvalue weighted by Crippen LogP contribution is 2.34. The minimum absolute atomic E-state index is 0.0632. The van der Waals surface area contributed by atoms with Gasteiger partial charge in [0.15, 0.2) is 0 Å². The van der Waals surface area contributed by atoms with Crippen LogP contribution in [-0.4, -0.2) is 41.6 Å². The predicted octanol–water partition coefficient (Wildman–Crippen LogP) is 3.23. The highest BCUT2D eigenvalue weighted by molar-refractivity contribution is 5.95. The van der Waals surface area contributed by atoms with Gasteiger partial charge >= 0.3 is 12.6 Å². The van der Waals surface area contributed by atoms with Gasteiger partial charge in [-0.3, -0.25) is 9.59 Å². The van der Waals surface area contributed by atoms with Crippen LogP contribution < -0.4 is 4.74 Å². The number of halogens is 2. The second kappa shape index (κ2) is 7.51. The molecule has 1 heterocycles. The van der Waals surface area contributed by atoms with Crippen LogP contribution >= 0.6 is 0 Å². The number of nitrogens with zero attached hydrogens (tertiary/aromatic N) is 1. The molecule has 26 heavy (non-hydrogen) atoms. The number of alkyl halides is 2. The molecule has 2 aromatic carbocycles. The lowest BCUT2D eigenvalue weighted by atomic mass is 9.89. The smallest absolute Gasteiger partial charge is 0.387 e. The first kappa shape index (κ1) is 17.8. The summed E-state index contributed by atoms with van der Waals surface area (Å²) in [6.45, 7) is -2.67. The predicted molar refractivity (Wildman–Crippen MR) is 89.3 cm³/mol. The molecule has 1 aliphatic heterocycles. The van der Waals surface area contributed by atoms with Gasteiger partial charge in [-0.25, -0.2) is 0 Å². The van der Waals surface area contributed by atoms with Crippen molar-refractivity contribution in [1.29, 1.82) is 0 Å². The molecule has 7 heteroatoms. The number of benzene rings is 2. The van der Waals surface area contributed by atoms with Crippen molar-refractivity contribution in [2.45, 2.75) is 12.5 Å². The van der Waals surface area contributed by atoms with Gasteiger partial charge in [0.2, 0.25) is 0 Å². The Labute approximate surface area is 148 Å². The molecule has 2 unspecified atom stereocenters. The van der Waals surface area contributed by atoms with E-state index in [4.69, 9.17) is 0 Å². The van der Waals surface area contributed by atoms with Crippen molar-refractivity contribution in [3.63, 3.8) is 0 Å². The van der Waals surface area contributed by atoms with Crippen LogP contribution in [0.15, 0.2) is 54.6 Å². The summed E-state index contributed by atoms with van der Waals surface area (Å²) < 4.78 is 29.0. The number of carbonyl (C=O) groups excluding carboxylic acids is 1. The summed E-state index contributed by atoms with van der Waals surface area (Å²) in [7, 11) is 0. The van der Waals surface area contributed by atoms with Crippen LogP contribution in [0.1, 0.15) is 21.8 Å². The summed E-state index contributed by atoms with van der Waals surface area (Å²) in [5.74, 6) is -2.53. The Balaban J connectivity index is 1.81. The van der Waals surface area contributed by atoms with E-state index in [1.807, 2.05) is 30.3 Å². The number of amides is 1. The van der Waals surface area contributed by atoms with Crippen LogP contribution in [0, 0.1) is 5.92 Å². The van der Waals surface area contributed by atoms with Crippen molar-refractivity contribution in [3.8, 4) is 5.75 Å². The van der Waals surface area contributed by atoms with Gasteiger partial charge in [0.05, 0.1) is 5.92 Å². The second-order valence-electron chi connectivity index (χ2n) is 6.08. The standard InChI is InChI=1S/C19H17F2NO4/c20-19(21)26-14-8-4-7-13(9-14)17(23)22-10-15(16(11-22)18(24)25)12-5-2-1-3-6-12/h1-9,15-16,19H,10-11H2,(H,24,25). The van der Waals surface area contributed by atoms with Crippen LogP contribution in [0.2, 0.25) is 0 Å². The Kier molecular flexibility index (Phi) is 5.16. The van der Waals surface area contributed by atoms with Gasteiger partial charge in [-0.15, -0.1) is 0 Å². The van der Waals surface area contributed by atoms with Gasteiger partial charge < -0.3 is 14.7 Å². The molecule has 1 N–H and O–H groups in total. The summed E-state index contributed by atoms with van der Waals surface area (Å²) in [5, 5.41) is 9.52. The zero-order chi connectivity index (χ0) is 18.7. The minimum atomic E-state index is -2.98. The number of hydrogen-bond acceptors (Lipinski definition) is 3. The third-order valence-corrected chi connectivity index (χ3v) is 4.46. The number of carboxylic acids is 1. The van der Waals surface area contributed by atoms with Crippen molar-refractivity contribution in [2.24, 2.45) is 5.92 Å². The van der Waals surface area contributed by atoms with E-state index in [1.54, 1.807) is 0 Å². The van der Waals surface area contributed by atoms with Gasteiger partial charge in [-0.05, 0) is 23.8 Å². The van der Waals surface area contributed by atoms with Gasteiger partial charge in [-0.2, -0.15) is 8.78 Å². The van der Waals surface area contributed by atoms with Crippen molar-refractivity contribution >= 4 is 11.9 Å². The van der Waals surface area contributed by atoms with Gasteiger partial charge in [-0.1, -0.05) is 36.4 Å². The monoisotopic (exact) mass is 361 g/mol. The third kappa shape index (κ3) is 3.82. The molecule has 1 aliphatic rings. The first-order valence-electron chi connectivity index (χ1n) is 8.07. The molecule has 0 radical (unpaired) electrons. The Morgan fingerprint density at radius 3 is 2.46 bits per heavy atom. The fourth-order valence-corrected chi connectivity index (χ4v) is 3.25. The number of carboxylic acid groups (broad SMARTS) is 1. The summed E-state index contributed by atoms with van der Waals surface area (Å²) >= 11 is 0. The van der Waals surface area contributed by atoms with E-state index in [-0.39, 0.29) is 30.3 Å². The summed E-state index contributed by atoms with van der Waals surface area (Å²) in [6.07, 6.45) is 0. The molecule has 3 rings (SSSR count). The normalized spacial score (nSPS) is 19.6. The van der Waals surface area contributed by atoms with E-state index in [0.717, 1.165) is 5.56 Å². The summed E-state index contributed by atoms with van der Waals surface area (Å²) in [4.78, 5) is 25.8. The van der Waals surface area contributed by atoms with Crippen LogP contribution in [0.5, 0.6) is 5.75 Å². The Morgan fingerprint density at radius 1 is 1.08 bits per heavy atom. The highest BCUT2D eigenvalue weighted by Gasteiger charge is 2.40. The van der Waals surface area contributed by atoms with Crippen molar-refractivity contribution < 1.29 is 28.2 Å². The second-order valence-corrected chi connectivity index (χ2v) is 6.08. The summed E-state index contributed by atoms with van der Waals surface area (Å²) in [5.41, 5.74) is 1.03. The van der Waals surface area contributed by atoms with Crippen molar-refractivity contribution in [2.75, 3.05) is 13.1 Å². The number of hydrogen-bond donors (Lipinski definition) is 1. The molecular formula is C19H17F2NO4. The molecule has 1 saturated heterocycles. The molecule has 136 valence electrons. The SMILES string of the molecule is O=C(O)C1CN(C(=O)c2cccc(OC(F)F)c2)CC1c1ccccc1. The zero-order valence-corrected chi connectivity index (χ0v) is 13.7. The molecule has 0 aliphatic carbocycles. The first-order chi connectivity index (χ1) is 12.5. The number of rotatable bonds is 5. The Bertz CT molecular complexity index is 797.